The van der Waals surface area contributed by atoms with Gasteiger partial charge in [-0.25, -0.2) is 0 Å². The Bertz CT molecular complexity index is 943. The Morgan fingerprint density at radius 3 is 2.52 bits per heavy atom. The minimum Gasteiger partial charge on any atom is -0.456 e. The Labute approximate surface area is 175 Å². The number of aryl methyl sites for hydroxylation is 1. The number of furan rings is 1. The molecule has 7 nitrogen and oxygen atoms in total. The van der Waals surface area contributed by atoms with Crippen molar-refractivity contribution in [2.24, 2.45) is 5.73 Å². The molecular weight excluding hydrogens is 392 g/mol. The standard InChI is InChI=1S/C21H24N4O3.ClH/c1-2-17-7-8-18(27-17)21(26)25-11-9-16(10-12-25)20-23-19(24-28-20)15-5-3-14(13-22)4-6-15;/h3-8,16H,2,9-13,22H2,1H3;1H. The largest absolute Gasteiger partial charge is 0.456 e. The lowest BCUT2D eigenvalue weighted by molar-refractivity contribution is 0.0670. The van der Waals surface area contributed by atoms with E-state index in [9.17, 15) is 4.79 Å². The quantitative estimate of drug-likeness (QED) is 0.679. The molecule has 0 radical (unpaired) electrons. The molecule has 1 aromatic carbocycles. The topological polar surface area (TPSA) is 98.4 Å². The average molecular weight is 417 g/mol. The molecule has 0 spiro atoms. The first kappa shape index (κ1) is 21.1. The SMILES string of the molecule is CCc1ccc(C(=O)N2CCC(c3nc(-c4ccc(CN)cc4)no3)CC2)o1.Cl. The molecule has 4 rings (SSSR count). The molecule has 1 amide bonds. The molecule has 3 heterocycles. The van der Waals surface area contributed by atoms with E-state index in [0.717, 1.165) is 36.1 Å². The number of piperidine rings is 1. The van der Waals surface area contributed by atoms with Crippen LogP contribution in [-0.4, -0.2) is 34.0 Å². The Balaban J connectivity index is 0.00000240. The minimum atomic E-state index is -0.0515. The van der Waals surface area contributed by atoms with Gasteiger partial charge in [0.2, 0.25) is 11.7 Å². The lowest BCUT2D eigenvalue weighted by atomic mass is 9.96. The molecule has 1 saturated heterocycles. The number of carbonyl (C=O) groups is 1. The molecule has 2 N–H and O–H groups in total. The van der Waals surface area contributed by atoms with E-state index in [4.69, 9.17) is 14.7 Å². The number of rotatable bonds is 5. The number of hydrogen-bond donors (Lipinski definition) is 1. The zero-order valence-corrected chi connectivity index (χ0v) is 17.2. The van der Waals surface area contributed by atoms with E-state index in [-0.39, 0.29) is 24.2 Å². The van der Waals surface area contributed by atoms with E-state index in [1.807, 2.05) is 42.2 Å². The van der Waals surface area contributed by atoms with Crippen molar-refractivity contribution in [3.05, 3.63) is 59.4 Å². The van der Waals surface area contributed by atoms with Gasteiger partial charge in [-0.1, -0.05) is 36.3 Å². The molecule has 2 aromatic heterocycles. The maximum Gasteiger partial charge on any atom is 0.289 e. The normalized spacial score (nSPS) is 14.6. The van der Waals surface area contributed by atoms with Gasteiger partial charge in [0.15, 0.2) is 5.76 Å². The lowest BCUT2D eigenvalue weighted by Gasteiger charge is -2.29. The number of aromatic nitrogens is 2. The highest BCUT2D eigenvalue weighted by atomic mass is 35.5. The van der Waals surface area contributed by atoms with Gasteiger partial charge in [0.05, 0.1) is 0 Å². The Hall–Kier alpha value is -2.64. The summed E-state index contributed by atoms with van der Waals surface area (Å²) < 4.78 is 11.1. The smallest absolute Gasteiger partial charge is 0.289 e. The van der Waals surface area contributed by atoms with E-state index in [2.05, 4.69) is 10.1 Å². The number of nitrogens with two attached hydrogens (primary N) is 1. The van der Waals surface area contributed by atoms with Gasteiger partial charge in [-0.2, -0.15) is 4.98 Å². The van der Waals surface area contributed by atoms with Gasteiger partial charge >= 0.3 is 0 Å². The lowest BCUT2D eigenvalue weighted by Crippen LogP contribution is -2.37. The molecule has 8 heteroatoms. The predicted octanol–water partition coefficient (Wildman–Crippen LogP) is 3.79. The van der Waals surface area contributed by atoms with E-state index in [0.29, 0.717) is 37.1 Å². The third-order valence-corrected chi connectivity index (χ3v) is 5.24. The molecule has 1 aliphatic heterocycles. The predicted molar refractivity (Wildman–Crippen MR) is 111 cm³/mol. The molecule has 1 fully saturated rings. The van der Waals surface area contributed by atoms with Crippen molar-refractivity contribution < 1.29 is 13.7 Å². The molecule has 0 bridgehead atoms. The zero-order chi connectivity index (χ0) is 19.5. The summed E-state index contributed by atoms with van der Waals surface area (Å²) in [6.07, 6.45) is 2.37. The monoisotopic (exact) mass is 416 g/mol. The van der Waals surface area contributed by atoms with Gasteiger partial charge in [-0.3, -0.25) is 4.79 Å². The van der Waals surface area contributed by atoms with Crippen LogP contribution in [0.25, 0.3) is 11.4 Å². The highest BCUT2D eigenvalue weighted by molar-refractivity contribution is 5.91. The number of benzene rings is 1. The zero-order valence-electron chi connectivity index (χ0n) is 16.3. The maximum absolute atomic E-state index is 12.6. The first-order valence-electron chi connectivity index (χ1n) is 9.69. The summed E-state index contributed by atoms with van der Waals surface area (Å²) in [6, 6.07) is 11.5. The van der Waals surface area contributed by atoms with Crippen LogP contribution in [0.1, 0.15) is 53.5 Å². The first-order chi connectivity index (χ1) is 13.7. The molecule has 29 heavy (non-hydrogen) atoms. The van der Waals surface area contributed by atoms with Crippen LogP contribution in [0.15, 0.2) is 45.3 Å². The van der Waals surface area contributed by atoms with Crippen molar-refractivity contribution in [3.8, 4) is 11.4 Å². The van der Waals surface area contributed by atoms with Crippen LogP contribution in [0.2, 0.25) is 0 Å². The first-order valence-corrected chi connectivity index (χ1v) is 9.69. The van der Waals surface area contributed by atoms with Gasteiger partial charge < -0.3 is 19.6 Å². The minimum absolute atomic E-state index is 0. The van der Waals surface area contributed by atoms with Crippen LogP contribution in [0, 0.1) is 0 Å². The summed E-state index contributed by atoms with van der Waals surface area (Å²) in [5, 5.41) is 4.12. The summed E-state index contributed by atoms with van der Waals surface area (Å²) in [4.78, 5) is 19.0. The third kappa shape index (κ3) is 4.52. The molecule has 1 aliphatic rings. The molecule has 0 saturated carbocycles. The second-order valence-corrected chi connectivity index (χ2v) is 7.04. The maximum atomic E-state index is 12.6. The average Bonchev–Trinajstić information content (AvgIpc) is 3.43. The Kier molecular flexibility index (Phi) is 6.71. The van der Waals surface area contributed by atoms with Crippen molar-refractivity contribution in [3.63, 3.8) is 0 Å². The van der Waals surface area contributed by atoms with Crippen LogP contribution in [0.4, 0.5) is 0 Å². The Morgan fingerprint density at radius 1 is 1.17 bits per heavy atom. The van der Waals surface area contributed by atoms with Gasteiger partial charge in [-0.15, -0.1) is 12.4 Å². The van der Waals surface area contributed by atoms with Crippen LogP contribution in [-0.2, 0) is 13.0 Å². The summed E-state index contributed by atoms with van der Waals surface area (Å²) in [5.41, 5.74) is 7.60. The van der Waals surface area contributed by atoms with Crippen LogP contribution in [0.3, 0.4) is 0 Å². The van der Waals surface area contributed by atoms with Gasteiger partial charge in [0, 0.05) is 37.5 Å². The number of likely N-dealkylation sites (tertiary alicyclic amines) is 1. The van der Waals surface area contributed by atoms with Crippen molar-refractivity contribution in [1.29, 1.82) is 0 Å². The van der Waals surface area contributed by atoms with Crippen molar-refractivity contribution >= 4 is 18.3 Å². The van der Waals surface area contributed by atoms with E-state index >= 15 is 0 Å². The van der Waals surface area contributed by atoms with Gasteiger partial charge in [0.1, 0.15) is 5.76 Å². The summed E-state index contributed by atoms with van der Waals surface area (Å²) in [7, 11) is 0. The highest BCUT2D eigenvalue weighted by Crippen LogP contribution is 2.29. The fourth-order valence-corrected chi connectivity index (χ4v) is 3.48. The second-order valence-electron chi connectivity index (χ2n) is 7.04. The molecule has 0 aliphatic carbocycles. The van der Waals surface area contributed by atoms with Crippen molar-refractivity contribution in [1.82, 2.24) is 15.0 Å². The van der Waals surface area contributed by atoms with Crippen LogP contribution >= 0.6 is 12.4 Å². The number of hydrogen-bond acceptors (Lipinski definition) is 6. The number of amides is 1. The summed E-state index contributed by atoms with van der Waals surface area (Å²) in [6.45, 7) is 3.81. The molecule has 3 aromatic rings. The second kappa shape index (κ2) is 9.24. The number of carbonyl (C=O) groups excluding carboxylic acids is 1. The summed E-state index contributed by atoms with van der Waals surface area (Å²) in [5.74, 6) is 2.57. The highest BCUT2D eigenvalue weighted by Gasteiger charge is 2.29. The van der Waals surface area contributed by atoms with E-state index < -0.39 is 0 Å². The van der Waals surface area contributed by atoms with Gasteiger partial charge in [-0.05, 0) is 30.5 Å². The molecule has 0 atom stereocenters. The third-order valence-electron chi connectivity index (χ3n) is 5.24. The summed E-state index contributed by atoms with van der Waals surface area (Å²) >= 11 is 0. The van der Waals surface area contributed by atoms with E-state index in [1.54, 1.807) is 6.07 Å². The fraction of sp³-hybridized carbons (Fsp3) is 0.381. The van der Waals surface area contributed by atoms with Crippen molar-refractivity contribution in [2.45, 2.75) is 38.6 Å². The molecular formula is C21H25ClN4O3. The van der Waals surface area contributed by atoms with Crippen LogP contribution < -0.4 is 5.73 Å². The fourth-order valence-electron chi connectivity index (χ4n) is 3.48. The van der Waals surface area contributed by atoms with Gasteiger partial charge in [0.25, 0.3) is 5.91 Å². The van der Waals surface area contributed by atoms with Crippen molar-refractivity contribution in [2.75, 3.05) is 13.1 Å². The number of halogens is 1. The van der Waals surface area contributed by atoms with E-state index in [1.165, 1.54) is 0 Å². The van der Waals surface area contributed by atoms with Crippen LogP contribution in [0.5, 0.6) is 0 Å². The molecule has 154 valence electrons. The molecule has 0 unspecified atom stereocenters. The number of nitrogens with zero attached hydrogens (tertiary/aromatic N) is 3. The Morgan fingerprint density at radius 2 is 1.90 bits per heavy atom.